The maximum atomic E-state index is 12.8. The fourth-order valence-electron chi connectivity index (χ4n) is 8.70. The lowest BCUT2D eigenvalue weighted by Gasteiger charge is -2.20. The Morgan fingerprint density at radius 1 is 0.500 bits per heavy atom. The molecule has 0 radical (unpaired) electrons. The van der Waals surface area contributed by atoms with Crippen LogP contribution >= 0.6 is 0 Å². The summed E-state index contributed by atoms with van der Waals surface area (Å²) in [4.78, 5) is 38.1. The third kappa shape index (κ3) is 16.7. The average Bonchev–Trinajstić information content (AvgIpc) is 3.76. The summed E-state index contributed by atoms with van der Waals surface area (Å²) in [6.07, 6.45) is 13.4. The van der Waals surface area contributed by atoms with Crippen molar-refractivity contribution in [2.45, 2.75) is 163 Å². The van der Waals surface area contributed by atoms with Crippen LogP contribution in [0.5, 0.6) is 0 Å². The van der Waals surface area contributed by atoms with Crippen molar-refractivity contribution in [3.63, 3.8) is 0 Å². The molecule has 374 valence electrons. The minimum Gasteiger partial charge on any atom is -0.459 e. The molecule has 2 saturated heterocycles. The van der Waals surface area contributed by atoms with Gasteiger partial charge >= 0.3 is 11.9 Å². The number of carbonyl (C=O) groups excluding carboxylic acids is 3. The molecule has 4 aliphatic rings. The fraction of sp³-hybridized carbons (Fsp3) is 0.417. The van der Waals surface area contributed by atoms with Crippen molar-refractivity contribution in [3.8, 4) is 0 Å². The number of hydrogen-bond donors (Lipinski definition) is 1. The van der Waals surface area contributed by atoms with Crippen LogP contribution in [0.25, 0.3) is 12.2 Å². The number of fused-ring (bicyclic) bond motifs is 4. The lowest BCUT2D eigenvalue weighted by molar-refractivity contribution is -0.152. The Morgan fingerprint density at radius 2 is 0.929 bits per heavy atom. The van der Waals surface area contributed by atoms with E-state index in [9.17, 15) is 19.5 Å². The van der Waals surface area contributed by atoms with Gasteiger partial charge in [0.1, 0.15) is 30.5 Å². The second kappa shape index (κ2) is 25.4. The van der Waals surface area contributed by atoms with Crippen molar-refractivity contribution in [1.82, 2.24) is 0 Å². The maximum Gasteiger partial charge on any atom is 0.339 e. The van der Waals surface area contributed by atoms with Gasteiger partial charge in [0, 0.05) is 12.8 Å². The highest BCUT2D eigenvalue weighted by molar-refractivity contribution is 5.96. The lowest BCUT2D eigenvalue weighted by atomic mass is 9.97. The molecule has 4 aromatic carbocycles. The van der Waals surface area contributed by atoms with E-state index in [1.807, 2.05) is 160 Å². The normalized spacial score (nSPS) is 26.8. The first-order valence-corrected chi connectivity index (χ1v) is 24.4. The molecule has 70 heavy (non-hydrogen) atoms. The van der Waals surface area contributed by atoms with Gasteiger partial charge in [0.15, 0.2) is 17.4 Å². The topological polar surface area (TPSA) is 127 Å². The molecule has 1 unspecified atom stereocenters. The highest BCUT2D eigenvalue weighted by Gasteiger charge is 2.44. The van der Waals surface area contributed by atoms with Crippen LogP contribution < -0.4 is 0 Å². The van der Waals surface area contributed by atoms with Gasteiger partial charge in [0.25, 0.3) is 0 Å². The third-order valence-electron chi connectivity index (χ3n) is 11.8. The van der Waals surface area contributed by atoms with Crippen LogP contribution in [0, 0.1) is 41.5 Å². The van der Waals surface area contributed by atoms with Gasteiger partial charge in [0.2, 0.25) is 0 Å². The first kappa shape index (κ1) is 55.2. The molecule has 0 saturated carbocycles. The zero-order valence-corrected chi connectivity index (χ0v) is 43.2. The van der Waals surface area contributed by atoms with Crippen molar-refractivity contribution in [1.29, 1.82) is 0 Å². The molecule has 0 spiro atoms. The molecule has 10 heteroatoms. The van der Waals surface area contributed by atoms with Crippen molar-refractivity contribution in [2.75, 3.05) is 0 Å². The summed E-state index contributed by atoms with van der Waals surface area (Å²) < 4.78 is 35.0. The quantitative estimate of drug-likeness (QED) is 0.134. The number of esters is 2. The van der Waals surface area contributed by atoms with E-state index in [2.05, 4.69) is 38.1 Å². The second-order valence-electron chi connectivity index (χ2n) is 19.5. The molecule has 10 nitrogen and oxygen atoms in total. The van der Waals surface area contributed by atoms with Crippen LogP contribution in [0.1, 0.15) is 132 Å². The van der Waals surface area contributed by atoms with Crippen LogP contribution in [0.15, 0.2) is 121 Å². The number of rotatable bonds is 0. The van der Waals surface area contributed by atoms with Crippen molar-refractivity contribution < 1.29 is 47.9 Å². The van der Waals surface area contributed by atoms with Crippen molar-refractivity contribution in [3.05, 3.63) is 177 Å². The minimum absolute atomic E-state index is 0.133. The van der Waals surface area contributed by atoms with E-state index in [4.69, 9.17) is 28.4 Å². The standard InChI is InChI=1S/C23H30O5.C23H28O5.2C7H8/c2*1-14-12-15(2)20-17(13-14)9-7-11-19-21(28-23(4,5)27-19)18(24)10-6-8-16(3)26-22(20)25;2*1-7-5-3-2-4-6-7/h6-7,9-10,12-13,16,18-19,21,24H,8,11H2,1-5H3;6-7,9-10,12-13,16,19,21H,8,11H2,1-5H3;2*2-6H,1H3/b2*9-7+,10-6-;;/t16-,18?,19-,21+;16-,19-,21+;;/m00../s1. The zero-order chi connectivity index (χ0) is 51.2. The Hall–Kier alpha value is -5.75. The molecule has 8 rings (SSSR count). The number of ether oxygens (including phenoxy) is 6. The Bertz CT molecular complexity index is 2460. The summed E-state index contributed by atoms with van der Waals surface area (Å²) in [6.45, 7) is 23.0. The van der Waals surface area contributed by atoms with Gasteiger partial charge < -0.3 is 33.5 Å². The molecular formula is C60H74O10. The molecule has 0 amide bonds. The third-order valence-corrected chi connectivity index (χ3v) is 11.8. The number of aryl methyl sites for hydroxylation is 6. The molecule has 0 aromatic heterocycles. The number of aliphatic hydroxyl groups excluding tert-OH is 1. The van der Waals surface area contributed by atoms with Crippen LogP contribution in [0.2, 0.25) is 0 Å². The SMILES string of the molecule is Cc1cc(C)c2c(c1)/C=C/C[C@@H]1OC(C)(C)O[C@@H]1C(=O)/C=C\C[C@H](C)OC2=O.Cc1cc(C)c2c(c1)/C=C/C[C@@H]1OC(C)(C)O[C@@H]1C(O)/C=C\C[C@H](C)OC2=O.Cc1ccccc1.Cc1ccccc1. The predicted octanol–water partition coefficient (Wildman–Crippen LogP) is 12.4. The Balaban J connectivity index is 0.000000204. The number of aliphatic hydroxyl groups is 1. The van der Waals surface area contributed by atoms with Gasteiger partial charge in [-0.1, -0.05) is 150 Å². The van der Waals surface area contributed by atoms with E-state index < -0.39 is 29.9 Å². The summed E-state index contributed by atoms with van der Waals surface area (Å²) in [7, 11) is 0. The molecular weight excluding hydrogens is 881 g/mol. The molecule has 2 fully saturated rings. The molecule has 0 aliphatic carbocycles. The molecule has 4 aliphatic heterocycles. The van der Waals surface area contributed by atoms with Crippen LogP contribution in [0.4, 0.5) is 0 Å². The van der Waals surface area contributed by atoms with Crippen molar-refractivity contribution >= 4 is 29.9 Å². The number of cyclic esters (lactones) is 2. The number of hydrogen-bond acceptors (Lipinski definition) is 10. The van der Waals surface area contributed by atoms with E-state index in [1.54, 1.807) is 12.2 Å². The molecule has 4 heterocycles. The van der Waals surface area contributed by atoms with Gasteiger partial charge in [-0.3, -0.25) is 4.79 Å². The van der Waals surface area contributed by atoms with E-state index >= 15 is 0 Å². The summed E-state index contributed by atoms with van der Waals surface area (Å²) >= 11 is 0. The van der Waals surface area contributed by atoms with Crippen LogP contribution in [0.3, 0.4) is 0 Å². The number of carbonyl (C=O) groups is 3. The van der Waals surface area contributed by atoms with Gasteiger partial charge in [0.05, 0.1) is 23.3 Å². The van der Waals surface area contributed by atoms with Crippen LogP contribution in [-0.4, -0.2) is 77.1 Å². The van der Waals surface area contributed by atoms with Gasteiger partial charge in [-0.15, -0.1) is 0 Å². The van der Waals surface area contributed by atoms with Crippen molar-refractivity contribution in [2.24, 2.45) is 0 Å². The first-order chi connectivity index (χ1) is 33.1. The molecule has 0 bridgehead atoms. The molecule has 4 aromatic rings. The summed E-state index contributed by atoms with van der Waals surface area (Å²) in [6, 6.07) is 28.4. The number of ketones is 1. The largest absolute Gasteiger partial charge is 0.459 e. The van der Waals surface area contributed by atoms with Gasteiger partial charge in [-0.25, -0.2) is 9.59 Å². The first-order valence-electron chi connectivity index (χ1n) is 24.4. The summed E-state index contributed by atoms with van der Waals surface area (Å²) in [5.74, 6) is -2.36. The van der Waals surface area contributed by atoms with Crippen LogP contribution in [-0.2, 0) is 33.2 Å². The Kier molecular flexibility index (Phi) is 20.0. The zero-order valence-electron chi connectivity index (χ0n) is 43.2. The molecule has 1 N–H and O–H groups in total. The number of benzene rings is 4. The fourth-order valence-corrected chi connectivity index (χ4v) is 8.70. The van der Waals surface area contributed by atoms with Gasteiger partial charge in [-0.2, -0.15) is 0 Å². The Labute approximate surface area is 416 Å². The highest BCUT2D eigenvalue weighted by Crippen LogP contribution is 2.34. The predicted molar refractivity (Wildman–Crippen MR) is 277 cm³/mol. The summed E-state index contributed by atoms with van der Waals surface area (Å²) in [5.41, 5.74) is 9.39. The second-order valence-corrected chi connectivity index (χ2v) is 19.5. The monoisotopic (exact) mass is 955 g/mol. The maximum absolute atomic E-state index is 12.8. The van der Waals surface area contributed by atoms with E-state index in [0.717, 1.165) is 33.4 Å². The average molecular weight is 955 g/mol. The molecule has 7 atom stereocenters. The highest BCUT2D eigenvalue weighted by atomic mass is 16.8. The summed E-state index contributed by atoms with van der Waals surface area (Å²) in [5, 5.41) is 10.6. The van der Waals surface area contributed by atoms with E-state index in [0.29, 0.717) is 36.8 Å². The lowest BCUT2D eigenvalue weighted by Crippen LogP contribution is -2.34. The van der Waals surface area contributed by atoms with E-state index in [1.165, 1.54) is 17.2 Å². The minimum atomic E-state index is -0.807. The smallest absolute Gasteiger partial charge is 0.339 e. The van der Waals surface area contributed by atoms with E-state index in [-0.39, 0.29) is 42.1 Å². The van der Waals surface area contributed by atoms with Gasteiger partial charge in [-0.05, 0) is 124 Å². The Morgan fingerprint density at radius 3 is 1.40 bits per heavy atom.